The number of piperazine rings is 1. The molecule has 1 N–H and O–H groups in total. The number of rotatable bonds is 5. The Morgan fingerprint density at radius 3 is 2.75 bits per heavy atom. The Labute approximate surface area is 165 Å². The van der Waals surface area contributed by atoms with Crippen LogP contribution in [-0.4, -0.2) is 69.8 Å². The van der Waals surface area contributed by atoms with E-state index in [0.29, 0.717) is 13.0 Å². The Balaban J connectivity index is 1.52. The molecule has 0 saturated carbocycles. The van der Waals surface area contributed by atoms with Crippen LogP contribution in [-0.2, 0) is 4.79 Å². The van der Waals surface area contributed by atoms with Crippen LogP contribution in [0.5, 0.6) is 0 Å². The Bertz CT molecular complexity index is 974. The van der Waals surface area contributed by atoms with Gasteiger partial charge in [-0.3, -0.25) is 14.2 Å². The van der Waals surface area contributed by atoms with Crippen molar-refractivity contribution in [1.82, 2.24) is 24.2 Å². The van der Waals surface area contributed by atoms with Crippen molar-refractivity contribution >= 4 is 17.4 Å². The molecule has 3 heterocycles. The van der Waals surface area contributed by atoms with Crippen molar-refractivity contribution in [2.45, 2.75) is 13.3 Å². The summed E-state index contributed by atoms with van der Waals surface area (Å²) >= 11 is 0. The van der Waals surface area contributed by atoms with Gasteiger partial charge >= 0.3 is 0 Å². The summed E-state index contributed by atoms with van der Waals surface area (Å²) in [6.07, 6.45) is 5.86. The second-order valence-electron chi connectivity index (χ2n) is 7.29. The summed E-state index contributed by atoms with van der Waals surface area (Å²) in [5.41, 5.74) is 3.92. The maximum absolute atomic E-state index is 12.5. The van der Waals surface area contributed by atoms with Gasteiger partial charge in [0.1, 0.15) is 11.5 Å². The molecule has 0 unspecified atom stereocenters. The molecule has 1 aromatic carbocycles. The van der Waals surface area contributed by atoms with E-state index in [1.54, 1.807) is 12.4 Å². The minimum atomic E-state index is 0.202. The van der Waals surface area contributed by atoms with Crippen LogP contribution in [0, 0.1) is 6.92 Å². The number of fused-ring (bicyclic) bond motifs is 1. The summed E-state index contributed by atoms with van der Waals surface area (Å²) in [7, 11) is 2.09. The summed E-state index contributed by atoms with van der Waals surface area (Å²) in [5.74, 6) is 1.10. The molecule has 0 spiro atoms. The van der Waals surface area contributed by atoms with Gasteiger partial charge in [0.15, 0.2) is 5.65 Å². The van der Waals surface area contributed by atoms with Crippen molar-refractivity contribution in [2.75, 3.05) is 45.1 Å². The van der Waals surface area contributed by atoms with E-state index < -0.39 is 0 Å². The third kappa shape index (κ3) is 3.71. The molecule has 2 aromatic heterocycles. The first-order valence-electron chi connectivity index (χ1n) is 9.72. The normalized spacial score (nSPS) is 15.1. The minimum absolute atomic E-state index is 0.202. The average Bonchev–Trinajstić information content (AvgIpc) is 3.07. The maximum Gasteiger partial charge on any atom is 0.224 e. The van der Waals surface area contributed by atoms with Gasteiger partial charge in [-0.1, -0.05) is 24.3 Å². The number of hydrogen-bond acceptors (Lipinski definition) is 5. The minimum Gasteiger partial charge on any atom is -0.369 e. The predicted octanol–water partition coefficient (Wildman–Crippen LogP) is 2.28. The van der Waals surface area contributed by atoms with E-state index in [1.807, 2.05) is 27.6 Å². The van der Waals surface area contributed by atoms with E-state index in [2.05, 4.69) is 41.3 Å². The van der Waals surface area contributed by atoms with E-state index in [0.717, 1.165) is 54.5 Å². The zero-order valence-corrected chi connectivity index (χ0v) is 16.4. The van der Waals surface area contributed by atoms with Crippen LogP contribution in [0.3, 0.4) is 0 Å². The topological polar surface area (TPSA) is 65.8 Å². The lowest BCUT2D eigenvalue weighted by molar-refractivity contribution is -0.132. The van der Waals surface area contributed by atoms with Gasteiger partial charge in [-0.25, -0.2) is 4.98 Å². The molecule has 1 aliphatic rings. The second-order valence-corrected chi connectivity index (χ2v) is 7.29. The van der Waals surface area contributed by atoms with Gasteiger partial charge in [0.05, 0.1) is 6.20 Å². The molecule has 146 valence electrons. The second kappa shape index (κ2) is 7.98. The average molecular weight is 378 g/mol. The Morgan fingerprint density at radius 1 is 1.18 bits per heavy atom. The molecule has 4 rings (SSSR count). The van der Waals surface area contributed by atoms with Crippen LogP contribution in [0.2, 0.25) is 0 Å². The molecule has 7 heteroatoms. The number of carbonyl (C=O) groups is 1. The zero-order valence-electron chi connectivity index (χ0n) is 16.4. The monoisotopic (exact) mass is 378 g/mol. The van der Waals surface area contributed by atoms with Gasteiger partial charge in [-0.05, 0) is 19.5 Å². The van der Waals surface area contributed by atoms with Crippen molar-refractivity contribution in [3.05, 3.63) is 48.4 Å². The van der Waals surface area contributed by atoms with Crippen LogP contribution in [0.25, 0.3) is 16.9 Å². The van der Waals surface area contributed by atoms with E-state index >= 15 is 0 Å². The van der Waals surface area contributed by atoms with E-state index in [1.165, 1.54) is 0 Å². The lowest BCUT2D eigenvalue weighted by atomic mass is 10.1. The quantitative estimate of drug-likeness (QED) is 0.738. The molecule has 7 nitrogen and oxygen atoms in total. The molecule has 1 saturated heterocycles. The fourth-order valence-electron chi connectivity index (χ4n) is 3.60. The molecule has 3 aromatic rings. The molecular formula is C21H26N6O. The highest BCUT2D eigenvalue weighted by Crippen LogP contribution is 2.30. The van der Waals surface area contributed by atoms with Crippen molar-refractivity contribution in [3.63, 3.8) is 0 Å². The number of aromatic nitrogens is 3. The Kier molecular flexibility index (Phi) is 5.25. The smallest absolute Gasteiger partial charge is 0.224 e. The molecular weight excluding hydrogens is 352 g/mol. The van der Waals surface area contributed by atoms with Gasteiger partial charge in [0.2, 0.25) is 5.91 Å². The number of imidazole rings is 1. The first kappa shape index (κ1) is 18.4. The number of anilines is 1. The number of likely N-dealkylation sites (N-methyl/N-ethyl adjacent to an activating group) is 1. The summed E-state index contributed by atoms with van der Waals surface area (Å²) in [4.78, 5) is 25.7. The van der Waals surface area contributed by atoms with Crippen LogP contribution < -0.4 is 5.32 Å². The SMILES string of the molecule is Cc1ccccc1-c1nc2cnccn2c1NCCC(=O)N1CCN(C)CC1. The van der Waals surface area contributed by atoms with Crippen LogP contribution in [0.15, 0.2) is 42.9 Å². The third-order valence-corrected chi connectivity index (χ3v) is 5.32. The van der Waals surface area contributed by atoms with Crippen molar-refractivity contribution in [3.8, 4) is 11.3 Å². The van der Waals surface area contributed by atoms with Crippen LogP contribution >= 0.6 is 0 Å². The van der Waals surface area contributed by atoms with E-state index in [4.69, 9.17) is 4.98 Å². The molecule has 1 amide bonds. The predicted molar refractivity (Wildman–Crippen MR) is 110 cm³/mol. The summed E-state index contributed by atoms with van der Waals surface area (Å²) in [6.45, 7) is 6.16. The highest BCUT2D eigenvalue weighted by molar-refractivity contribution is 5.79. The fraction of sp³-hybridized carbons (Fsp3) is 0.381. The van der Waals surface area contributed by atoms with Gasteiger partial charge in [-0.15, -0.1) is 0 Å². The third-order valence-electron chi connectivity index (χ3n) is 5.32. The number of aryl methyl sites for hydroxylation is 1. The maximum atomic E-state index is 12.5. The summed E-state index contributed by atoms with van der Waals surface area (Å²) in [5, 5.41) is 3.46. The van der Waals surface area contributed by atoms with Crippen molar-refractivity contribution < 1.29 is 4.79 Å². The lowest BCUT2D eigenvalue weighted by Crippen LogP contribution is -2.47. The van der Waals surface area contributed by atoms with Crippen LogP contribution in [0.1, 0.15) is 12.0 Å². The number of nitrogens with zero attached hydrogens (tertiary/aromatic N) is 5. The number of amides is 1. The van der Waals surface area contributed by atoms with E-state index in [9.17, 15) is 4.79 Å². The van der Waals surface area contributed by atoms with Crippen molar-refractivity contribution in [1.29, 1.82) is 0 Å². The standard InChI is InChI=1S/C21H26N6O/c1-16-5-3-4-6-17(16)20-21(27-10-9-22-15-18(27)24-20)23-8-7-19(28)26-13-11-25(2)12-14-26/h3-6,9-10,15,23H,7-8,11-14H2,1-2H3. The number of nitrogens with one attached hydrogen (secondary N) is 1. The summed E-state index contributed by atoms with van der Waals surface area (Å²) < 4.78 is 2.00. The molecule has 1 fully saturated rings. The largest absolute Gasteiger partial charge is 0.369 e. The van der Waals surface area contributed by atoms with E-state index in [-0.39, 0.29) is 5.91 Å². The first-order valence-corrected chi connectivity index (χ1v) is 9.72. The van der Waals surface area contributed by atoms with Gasteiger partial charge in [-0.2, -0.15) is 0 Å². The fourth-order valence-corrected chi connectivity index (χ4v) is 3.60. The zero-order chi connectivity index (χ0) is 19.5. The van der Waals surface area contributed by atoms with Gasteiger partial charge < -0.3 is 15.1 Å². The molecule has 0 bridgehead atoms. The Morgan fingerprint density at radius 2 is 1.96 bits per heavy atom. The van der Waals surface area contributed by atoms with Gasteiger partial charge in [0, 0.05) is 57.1 Å². The highest BCUT2D eigenvalue weighted by atomic mass is 16.2. The Hall–Kier alpha value is -2.93. The molecule has 0 radical (unpaired) electrons. The number of benzene rings is 1. The molecule has 0 aliphatic carbocycles. The lowest BCUT2D eigenvalue weighted by Gasteiger charge is -2.32. The van der Waals surface area contributed by atoms with Crippen molar-refractivity contribution in [2.24, 2.45) is 0 Å². The molecule has 0 atom stereocenters. The summed E-state index contributed by atoms with van der Waals surface area (Å²) in [6, 6.07) is 8.20. The molecule has 28 heavy (non-hydrogen) atoms. The highest BCUT2D eigenvalue weighted by Gasteiger charge is 2.20. The van der Waals surface area contributed by atoms with Crippen LogP contribution in [0.4, 0.5) is 5.82 Å². The number of hydrogen-bond donors (Lipinski definition) is 1. The first-order chi connectivity index (χ1) is 13.6. The number of carbonyl (C=O) groups excluding carboxylic acids is 1. The molecule has 1 aliphatic heterocycles. The van der Waals surface area contributed by atoms with Gasteiger partial charge in [0.25, 0.3) is 0 Å².